The van der Waals surface area contributed by atoms with E-state index in [0.717, 1.165) is 26.3 Å². The quantitative estimate of drug-likeness (QED) is 0.659. The summed E-state index contributed by atoms with van der Waals surface area (Å²) in [5.41, 5.74) is 0.0786. The van der Waals surface area contributed by atoms with Gasteiger partial charge in [-0.2, -0.15) is 0 Å². The maximum atomic E-state index is 9.25. The summed E-state index contributed by atoms with van der Waals surface area (Å²) >= 11 is 0. The van der Waals surface area contributed by atoms with Gasteiger partial charge < -0.3 is 9.84 Å². The molecule has 1 saturated heterocycles. The minimum atomic E-state index is -0.248. The lowest BCUT2D eigenvalue weighted by atomic mass is 10.0. The Morgan fingerprint density at radius 1 is 1.58 bits per heavy atom. The van der Waals surface area contributed by atoms with Gasteiger partial charge in [-0.05, 0) is 20.8 Å². The summed E-state index contributed by atoms with van der Waals surface area (Å²) in [6, 6.07) is 0. The molecule has 0 aromatic carbocycles. The summed E-state index contributed by atoms with van der Waals surface area (Å²) in [7, 11) is 0. The van der Waals surface area contributed by atoms with Gasteiger partial charge in [0.1, 0.15) is 0 Å². The molecule has 1 aliphatic rings. The van der Waals surface area contributed by atoms with Crippen LogP contribution in [0, 0.1) is 0 Å². The minimum absolute atomic E-state index is 0.0786. The number of ether oxygens (including phenoxy) is 1. The first-order valence-corrected chi connectivity index (χ1v) is 4.53. The van der Waals surface area contributed by atoms with Crippen molar-refractivity contribution in [2.45, 2.75) is 32.4 Å². The van der Waals surface area contributed by atoms with Crippen LogP contribution in [0.25, 0.3) is 0 Å². The third kappa shape index (κ3) is 2.44. The Kier molecular flexibility index (Phi) is 3.09. The predicted molar refractivity (Wildman–Crippen MR) is 48.2 cm³/mol. The van der Waals surface area contributed by atoms with Crippen LogP contribution in [0.1, 0.15) is 20.8 Å². The van der Waals surface area contributed by atoms with Crippen molar-refractivity contribution in [3.05, 3.63) is 0 Å². The number of hydrogen-bond acceptors (Lipinski definition) is 3. The van der Waals surface area contributed by atoms with Gasteiger partial charge in [-0.25, -0.2) is 0 Å². The first kappa shape index (κ1) is 9.96. The van der Waals surface area contributed by atoms with E-state index in [9.17, 15) is 5.11 Å². The summed E-state index contributed by atoms with van der Waals surface area (Å²) in [5, 5.41) is 9.25. The largest absolute Gasteiger partial charge is 0.392 e. The lowest BCUT2D eigenvalue weighted by Gasteiger charge is -2.42. The zero-order chi connectivity index (χ0) is 9.19. The van der Waals surface area contributed by atoms with Crippen LogP contribution in [-0.2, 0) is 4.74 Å². The molecule has 0 saturated carbocycles. The molecule has 1 fully saturated rings. The summed E-state index contributed by atoms with van der Waals surface area (Å²) in [4.78, 5) is 2.28. The monoisotopic (exact) mass is 173 g/mol. The van der Waals surface area contributed by atoms with Crippen LogP contribution in [0.2, 0.25) is 0 Å². The summed E-state index contributed by atoms with van der Waals surface area (Å²) in [5.74, 6) is 0. The molecule has 1 atom stereocenters. The van der Waals surface area contributed by atoms with Gasteiger partial charge >= 0.3 is 0 Å². The highest BCUT2D eigenvalue weighted by molar-refractivity contribution is 4.84. The molecule has 0 spiro atoms. The topological polar surface area (TPSA) is 32.7 Å². The van der Waals surface area contributed by atoms with E-state index in [1.165, 1.54) is 0 Å². The van der Waals surface area contributed by atoms with Crippen LogP contribution in [0.15, 0.2) is 0 Å². The molecule has 72 valence electrons. The van der Waals surface area contributed by atoms with Crippen molar-refractivity contribution in [3.8, 4) is 0 Å². The molecule has 1 heterocycles. The lowest BCUT2D eigenvalue weighted by molar-refractivity contribution is -0.0643. The van der Waals surface area contributed by atoms with E-state index < -0.39 is 0 Å². The van der Waals surface area contributed by atoms with Gasteiger partial charge in [0.2, 0.25) is 0 Å². The van der Waals surface area contributed by atoms with Gasteiger partial charge in [0, 0.05) is 18.6 Å². The fraction of sp³-hybridized carbons (Fsp3) is 1.00. The predicted octanol–water partition coefficient (Wildman–Crippen LogP) is 0.478. The second kappa shape index (κ2) is 3.73. The van der Waals surface area contributed by atoms with E-state index in [1.807, 2.05) is 6.92 Å². The van der Waals surface area contributed by atoms with E-state index in [1.54, 1.807) is 0 Å². The Bertz CT molecular complexity index is 145. The molecule has 12 heavy (non-hydrogen) atoms. The summed E-state index contributed by atoms with van der Waals surface area (Å²) in [6.45, 7) is 9.35. The molecule has 3 nitrogen and oxygen atoms in total. The van der Waals surface area contributed by atoms with E-state index in [4.69, 9.17) is 4.74 Å². The molecule has 1 unspecified atom stereocenters. The zero-order valence-electron chi connectivity index (χ0n) is 8.21. The van der Waals surface area contributed by atoms with E-state index in [0.29, 0.717) is 0 Å². The van der Waals surface area contributed by atoms with Crippen molar-refractivity contribution in [3.63, 3.8) is 0 Å². The molecule has 0 aromatic heterocycles. The number of aliphatic hydroxyl groups is 1. The van der Waals surface area contributed by atoms with Crippen LogP contribution >= 0.6 is 0 Å². The molecule has 0 aromatic rings. The second-order valence-corrected chi connectivity index (χ2v) is 4.16. The fourth-order valence-electron chi connectivity index (χ4n) is 1.55. The summed E-state index contributed by atoms with van der Waals surface area (Å²) < 4.78 is 5.37. The van der Waals surface area contributed by atoms with Crippen LogP contribution in [-0.4, -0.2) is 48.0 Å². The van der Waals surface area contributed by atoms with E-state index in [2.05, 4.69) is 18.7 Å². The number of morpholine rings is 1. The van der Waals surface area contributed by atoms with Crippen molar-refractivity contribution in [2.75, 3.05) is 26.3 Å². The average molecular weight is 173 g/mol. The molecular formula is C9H19NO2. The smallest absolute Gasteiger partial charge is 0.0645 e. The standard InChI is InChI=1S/C9H19NO2/c1-8(11)6-10-4-5-12-7-9(10,2)3/h8,11H,4-7H2,1-3H3. The number of aliphatic hydroxyl groups excluding tert-OH is 1. The number of rotatable bonds is 2. The van der Waals surface area contributed by atoms with Crippen LogP contribution in [0.5, 0.6) is 0 Å². The molecule has 3 heteroatoms. The van der Waals surface area contributed by atoms with Crippen LogP contribution in [0.4, 0.5) is 0 Å². The highest BCUT2D eigenvalue weighted by Crippen LogP contribution is 2.18. The van der Waals surface area contributed by atoms with E-state index in [-0.39, 0.29) is 11.6 Å². The summed E-state index contributed by atoms with van der Waals surface area (Å²) in [6.07, 6.45) is -0.248. The Labute approximate surface area is 74.3 Å². The molecular weight excluding hydrogens is 154 g/mol. The van der Waals surface area contributed by atoms with Gasteiger partial charge in [0.25, 0.3) is 0 Å². The van der Waals surface area contributed by atoms with Crippen LogP contribution in [0.3, 0.4) is 0 Å². The van der Waals surface area contributed by atoms with Gasteiger partial charge in [-0.1, -0.05) is 0 Å². The number of β-amino-alcohol motifs (C(OH)–C–C–N with tert-alkyl or cyclic N) is 1. The highest BCUT2D eigenvalue weighted by Gasteiger charge is 2.30. The number of nitrogens with zero attached hydrogens (tertiary/aromatic N) is 1. The minimum Gasteiger partial charge on any atom is -0.392 e. The average Bonchev–Trinajstić information content (AvgIpc) is 1.92. The SMILES string of the molecule is CC(O)CN1CCOCC1(C)C. The van der Waals surface area contributed by atoms with Crippen molar-refractivity contribution in [1.29, 1.82) is 0 Å². The Balaban J connectivity index is 2.48. The fourth-order valence-corrected chi connectivity index (χ4v) is 1.55. The first-order valence-electron chi connectivity index (χ1n) is 4.53. The molecule has 1 rings (SSSR count). The maximum Gasteiger partial charge on any atom is 0.0645 e. The lowest BCUT2D eigenvalue weighted by Crippen LogP contribution is -2.54. The Morgan fingerprint density at radius 2 is 2.25 bits per heavy atom. The third-order valence-electron chi connectivity index (χ3n) is 2.30. The first-order chi connectivity index (χ1) is 5.52. The normalized spacial score (nSPS) is 27.0. The molecule has 1 N–H and O–H groups in total. The molecule has 1 aliphatic heterocycles. The van der Waals surface area contributed by atoms with Crippen molar-refractivity contribution < 1.29 is 9.84 Å². The Morgan fingerprint density at radius 3 is 2.75 bits per heavy atom. The van der Waals surface area contributed by atoms with Crippen molar-refractivity contribution in [2.24, 2.45) is 0 Å². The Hall–Kier alpha value is -0.120. The van der Waals surface area contributed by atoms with Gasteiger partial charge in [-0.3, -0.25) is 4.90 Å². The van der Waals surface area contributed by atoms with Crippen molar-refractivity contribution >= 4 is 0 Å². The number of hydrogen-bond donors (Lipinski definition) is 1. The second-order valence-electron chi connectivity index (χ2n) is 4.16. The zero-order valence-corrected chi connectivity index (χ0v) is 8.21. The molecule has 0 amide bonds. The molecule has 0 radical (unpaired) electrons. The van der Waals surface area contributed by atoms with E-state index >= 15 is 0 Å². The highest BCUT2D eigenvalue weighted by atomic mass is 16.5. The molecule has 0 aliphatic carbocycles. The van der Waals surface area contributed by atoms with Crippen LogP contribution < -0.4 is 0 Å². The molecule has 0 bridgehead atoms. The van der Waals surface area contributed by atoms with Crippen molar-refractivity contribution in [1.82, 2.24) is 4.90 Å². The van der Waals surface area contributed by atoms with Gasteiger partial charge in [0.05, 0.1) is 19.3 Å². The third-order valence-corrected chi connectivity index (χ3v) is 2.30. The van der Waals surface area contributed by atoms with Gasteiger partial charge in [0.15, 0.2) is 0 Å². The maximum absolute atomic E-state index is 9.25. The van der Waals surface area contributed by atoms with Gasteiger partial charge in [-0.15, -0.1) is 0 Å².